The van der Waals surface area contributed by atoms with Crippen molar-refractivity contribution in [2.45, 2.75) is 26.8 Å². The first-order chi connectivity index (χ1) is 18.9. The maximum atomic E-state index is 15.1. The third-order valence-corrected chi connectivity index (χ3v) is 6.38. The van der Waals surface area contributed by atoms with E-state index in [1.165, 1.54) is 16.8 Å². The van der Waals surface area contributed by atoms with Gasteiger partial charge in [0.25, 0.3) is 11.5 Å². The number of pyridine rings is 1. The Morgan fingerprint density at radius 2 is 1.82 bits per heavy atom. The Bertz CT molecular complexity index is 1730. The lowest BCUT2D eigenvalue weighted by Gasteiger charge is -2.12. The molecule has 5 aromatic rings. The van der Waals surface area contributed by atoms with E-state index in [9.17, 15) is 9.59 Å². The van der Waals surface area contributed by atoms with E-state index in [2.05, 4.69) is 10.3 Å². The van der Waals surface area contributed by atoms with Crippen LogP contribution in [0.3, 0.4) is 0 Å². The molecule has 3 aromatic carbocycles. The first-order valence-electron chi connectivity index (χ1n) is 12.5. The summed E-state index contributed by atoms with van der Waals surface area (Å²) in [5.41, 5.74) is 1.60. The van der Waals surface area contributed by atoms with Gasteiger partial charge >= 0.3 is 0 Å². The molecule has 0 spiro atoms. The number of methoxy groups -OCH3 is 1. The Balaban J connectivity index is 1.41. The van der Waals surface area contributed by atoms with Crippen LogP contribution in [0.15, 0.2) is 83.8 Å². The predicted molar refractivity (Wildman–Crippen MR) is 148 cm³/mol. The van der Waals surface area contributed by atoms with E-state index in [0.717, 1.165) is 12.5 Å². The van der Waals surface area contributed by atoms with Crippen molar-refractivity contribution >= 4 is 22.5 Å². The van der Waals surface area contributed by atoms with Crippen molar-refractivity contribution in [1.82, 2.24) is 14.3 Å². The van der Waals surface area contributed by atoms with E-state index >= 15 is 4.39 Å². The minimum absolute atomic E-state index is 0.00622. The zero-order valence-electron chi connectivity index (χ0n) is 21.8. The van der Waals surface area contributed by atoms with E-state index in [0.29, 0.717) is 40.3 Å². The van der Waals surface area contributed by atoms with Gasteiger partial charge in [0.2, 0.25) is 0 Å². The molecule has 8 nitrogen and oxygen atoms in total. The van der Waals surface area contributed by atoms with Crippen LogP contribution < -0.4 is 20.3 Å². The van der Waals surface area contributed by atoms with E-state index in [4.69, 9.17) is 9.47 Å². The number of hydrogen-bond acceptors (Lipinski definition) is 5. The summed E-state index contributed by atoms with van der Waals surface area (Å²) in [5, 5.41) is 3.35. The molecule has 2 aromatic heterocycles. The van der Waals surface area contributed by atoms with Gasteiger partial charge in [-0.05, 0) is 55.8 Å². The number of nitrogens with one attached hydrogen (secondary N) is 1. The number of nitrogens with zero attached hydrogens (tertiary/aromatic N) is 3. The van der Waals surface area contributed by atoms with Crippen LogP contribution in [0, 0.1) is 12.7 Å². The first-order valence-corrected chi connectivity index (χ1v) is 12.5. The van der Waals surface area contributed by atoms with Gasteiger partial charge in [0.05, 0.1) is 24.0 Å². The molecular weight excluding hydrogens is 499 g/mol. The highest BCUT2D eigenvalue weighted by Crippen LogP contribution is 2.33. The van der Waals surface area contributed by atoms with Crippen molar-refractivity contribution in [3.8, 4) is 22.9 Å². The molecule has 0 aliphatic heterocycles. The van der Waals surface area contributed by atoms with Crippen molar-refractivity contribution in [2.24, 2.45) is 0 Å². The molecule has 0 saturated heterocycles. The zero-order valence-corrected chi connectivity index (χ0v) is 21.8. The number of rotatable bonds is 8. The standard InChI is InChI=1S/C30H27FN4O4/c1-4-16-34-19(2)28(30(37)35(34)21-8-6-5-7-9-21)29(36)33-20-10-13-27(24(31)17-20)39-26-14-15-32-25-18-22(38-3)11-12-23(25)26/h5-15,17-18H,4,16H2,1-3H3,(H,33,36). The van der Waals surface area contributed by atoms with Gasteiger partial charge in [-0.25, -0.2) is 9.07 Å². The quantitative estimate of drug-likeness (QED) is 0.264. The Labute approximate surface area is 224 Å². The third kappa shape index (κ3) is 4.98. The van der Waals surface area contributed by atoms with Crippen molar-refractivity contribution in [2.75, 3.05) is 12.4 Å². The monoisotopic (exact) mass is 526 g/mol. The molecule has 0 fully saturated rings. The van der Waals surface area contributed by atoms with E-state index < -0.39 is 17.3 Å². The Hall–Kier alpha value is -4.92. The van der Waals surface area contributed by atoms with E-state index in [-0.39, 0.29) is 17.0 Å². The molecule has 0 atom stereocenters. The van der Waals surface area contributed by atoms with Gasteiger partial charge in [0, 0.05) is 35.9 Å². The molecule has 0 aliphatic rings. The van der Waals surface area contributed by atoms with Crippen molar-refractivity contribution < 1.29 is 18.7 Å². The van der Waals surface area contributed by atoms with Gasteiger partial charge in [-0.2, -0.15) is 0 Å². The summed E-state index contributed by atoms with van der Waals surface area (Å²) in [6.45, 7) is 4.29. The van der Waals surface area contributed by atoms with E-state index in [1.54, 1.807) is 49.2 Å². The fraction of sp³-hybridized carbons (Fsp3) is 0.167. The molecule has 2 heterocycles. The molecule has 0 aliphatic carbocycles. The molecule has 198 valence electrons. The number of amides is 1. The molecule has 0 radical (unpaired) electrons. The molecule has 39 heavy (non-hydrogen) atoms. The Morgan fingerprint density at radius 3 is 2.54 bits per heavy atom. The minimum Gasteiger partial charge on any atom is -0.497 e. The average molecular weight is 527 g/mol. The highest BCUT2D eigenvalue weighted by atomic mass is 19.1. The molecule has 1 amide bonds. The van der Waals surface area contributed by atoms with Gasteiger partial charge in [-0.1, -0.05) is 25.1 Å². The SMILES string of the molecule is CCCn1c(C)c(C(=O)Nc2ccc(Oc3ccnc4cc(OC)ccc34)c(F)c2)c(=O)n1-c1ccccc1. The number of benzene rings is 3. The second-order valence-electron chi connectivity index (χ2n) is 8.93. The summed E-state index contributed by atoms with van der Waals surface area (Å²) in [5.74, 6) is -0.234. The molecule has 0 unspecified atom stereocenters. The van der Waals surface area contributed by atoms with Crippen LogP contribution in [0.4, 0.5) is 10.1 Å². The zero-order chi connectivity index (χ0) is 27.5. The largest absolute Gasteiger partial charge is 0.497 e. The van der Waals surface area contributed by atoms with Crippen LogP contribution in [0.1, 0.15) is 29.4 Å². The van der Waals surface area contributed by atoms with Gasteiger partial charge in [-0.15, -0.1) is 0 Å². The summed E-state index contributed by atoms with van der Waals surface area (Å²) in [4.78, 5) is 30.9. The number of para-hydroxylation sites is 1. The average Bonchev–Trinajstić information content (AvgIpc) is 3.19. The van der Waals surface area contributed by atoms with Gasteiger partial charge < -0.3 is 14.8 Å². The molecule has 9 heteroatoms. The van der Waals surface area contributed by atoms with Crippen molar-refractivity contribution in [1.29, 1.82) is 0 Å². The van der Waals surface area contributed by atoms with Crippen LogP contribution in [0.2, 0.25) is 0 Å². The van der Waals surface area contributed by atoms with Crippen LogP contribution in [0.25, 0.3) is 16.6 Å². The highest BCUT2D eigenvalue weighted by Gasteiger charge is 2.24. The van der Waals surface area contributed by atoms with Crippen LogP contribution in [-0.4, -0.2) is 27.4 Å². The number of aromatic nitrogens is 3. The molecular formula is C30H27FN4O4. The van der Waals surface area contributed by atoms with Crippen molar-refractivity contribution in [3.63, 3.8) is 0 Å². The third-order valence-electron chi connectivity index (χ3n) is 6.38. The fourth-order valence-electron chi connectivity index (χ4n) is 4.51. The minimum atomic E-state index is -0.673. The number of anilines is 1. The number of carbonyl (C=O) groups excluding carboxylic acids is 1. The van der Waals surface area contributed by atoms with E-state index in [1.807, 2.05) is 37.3 Å². The smallest absolute Gasteiger partial charge is 0.284 e. The maximum Gasteiger partial charge on any atom is 0.284 e. The van der Waals surface area contributed by atoms with Crippen LogP contribution in [-0.2, 0) is 6.54 Å². The lowest BCUT2D eigenvalue weighted by molar-refractivity contribution is 0.102. The molecule has 5 rings (SSSR count). The van der Waals surface area contributed by atoms with Gasteiger partial charge in [-0.3, -0.25) is 19.3 Å². The summed E-state index contributed by atoms with van der Waals surface area (Å²) < 4.78 is 29.4. The lowest BCUT2D eigenvalue weighted by atomic mass is 10.2. The predicted octanol–water partition coefficient (Wildman–Crippen LogP) is 6.10. The summed E-state index contributed by atoms with van der Waals surface area (Å²) in [7, 11) is 1.57. The number of halogens is 1. The second kappa shape index (κ2) is 10.8. The number of ether oxygens (including phenoxy) is 2. The highest BCUT2D eigenvalue weighted by molar-refractivity contribution is 6.05. The summed E-state index contributed by atoms with van der Waals surface area (Å²) in [6.07, 6.45) is 2.34. The second-order valence-corrected chi connectivity index (χ2v) is 8.93. The normalized spacial score (nSPS) is 11.0. The number of carbonyl (C=O) groups is 1. The molecule has 0 saturated carbocycles. The Kier molecular flexibility index (Phi) is 7.14. The topological polar surface area (TPSA) is 87.4 Å². The van der Waals surface area contributed by atoms with Gasteiger partial charge in [0.1, 0.15) is 17.1 Å². The summed E-state index contributed by atoms with van der Waals surface area (Å²) >= 11 is 0. The van der Waals surface area contributed by atoms with Crippen molar-refractivity contribution in [3.05, 3.63) is 106 Å². The fourth-order valence-corrected chi connectivity index (χ4v) is 4.51. The molecule has 0 bridgehead atoms. The lowest BCUT2D eigenvalue weighted by Crippen LogP contribution is -2.25. The number of hydrogen-bond donors (Lipinski definition) is 1. The number of fused-ring (bicyclic) bond motifs is 1. The Morgan fingerprint density at radius 1 is 1.03 bits per heavy atom. The van der Waals surface area contributed by atoms with Gasteiger partial charge in [0.15, 0.2) is 11.6 Å². The van der Waals surface area contributed by atoms with Crippen LogP contribution >= 0.6 is 0 Å². The first kappa shape index (κ1) is 25.7. The summed E-state index contributed by atoms with van der Waals surface area (Å²) in [6, 6.07) is 20.2. The van der Waals surface area contributed by atoms with Crippen LogP contribution in [0.5, 0.6) is 17.2 Å². The maximum absolute atomic E-state index is 15.1. The molecule has 1 N–H and O–H groups in total.